The van der Waals surface area contributed by atoms with Crippen molar-refractivity contribution in [3.05, 3.63) is 64.7 Å². The number of carbonyl (C=O) groups is 1. The Labute approximate surface area is 158 Å². The third-order valence-corrected chi connectivity index (χ3v) is 6.99. The predicted molar refractivity (Wildman–Crippen MR) is 99.2 cm³/mol. The molecule has 2 unspecified atom stereocenters. The van der Waals surface area contributed by atoms with Crippen molar-refractivity contribution in [2.75, 3.05) is 0 Å². The van der Waals surface area contributed by atoms with Gasteiger partial charge in [-0.1, -0.05) is 35.9 Å². The lowest BCUT2D eigenvalue weighted by molar-refractivity contribution is -0.135. The number of benzene rings is 2. The van der Waals surface area contributed by atoms with Crippen molar-refractivity contribution in [3.63, 3.8) is 0 Å². The molecule has 0 aromatic heterocycles. The minimum Gasteiger partial charge on any atom is -0.327 e. The number of nitrogens with one attached hydrogen (secondary N) is 1. The van der Waals surface area contributed by atoms with Crippen molar-refractivity contribution >= 4 is 27.5 Å². The first kappa shape index (κ1) is 17.5. The second-order valence-corrected chi connectivity index (χ2v) is 8.93. The molecule has 1 N–H and O–H groups in total. The van der Waals surface area contributed by atoms with E-state index in [2.05, 4.69) is 16.9 Å². The van der Waals surface area contributed by atoms with Gasteiger partial charge in [0.15, 0.2) is 0 Å². The molecule has 1 saturated heterocycles. The van der Waals surface area contributed by atoms with Crippen molar-refractivity contribution < 1.29 is 13.2 Å². The van der Waals surface area contributed by atoms with Crippen LogP contribution in [0.15, 0.2) is 53.4 Å². The average Bonchev–Trinajstić information content (AvgIpc) is 3.18. The van der Waals surface area contributed by atoms with E-state index in [1.807, 2.05) is 17.0 Å². The molecule has 1 fully saturated rings. The molecule has 0 spiro atoms. The molecule has 0 radical (unpaired) electrons. The van der Waals surface area contributed by atoms with Gasteiger partial charge >= 0.3 is 0 Å². The van der Waals surface area contributed by atoms with Crippen LogP contribution in [0, 0.1) is 0 Å². The van der Waals surface area contributed by atoms with E-state index in [0.717, 1.165) is 12.8 Å². The fourth-order valence-corrected chi connectivity index (χ4v) is 5.36. The van der Waals surface area contributed by atoms with Crippen LogP contribution in [0.25, 0.3) is 0 Å². The molecule has 136 valence electrons. The summed E-state index contributed by atoms with van der Waals surface area (Å²) in [5, 5.41) is 0.458. The number of sulfonamides is 1. The predicted octanol–water partition coefficient (Wildman–Crippen LogP) is 3.43. The third kappa shape index (κ3) is 2.82. The number of fused-ring (bicyclic) bond motifs is 5. The monoisotopic (exact) mass is 390 g/mol. The largest absolute Gasteiger partial charge is 0.327 e. The Morgan fingerprint density at radius 2 is 1.62 bits per heavy atom. The van der Waals surface area contributed by atoms with E-state index < -0.39 is 16.1 Å². The smallest absolute Gasteiger partial charge is 0.241 e. The second kappa shape index (κ2) is 6.37. The maximum Gasteiger partial charge on any atom is 0.241 e. The molecule has 2 aromatic carbocycles. The minimum absolute atomic E-state index is 0.0474. The van der Waals surface area contributed by atoms with E-state index in [-0.39, 0.29) is 22.9 Å². The van der Waals surface area contributed by atoms with Gasteiger partial charge in [0, 0.05) is 5.02 Å². The molecular formula is C19H19ClN2O3S. The molecule has 1 amide bonds. The summed E-state index contributed by atoms with van der Waals surface area (Å²) in [7, 11) is -3.79. The molecule has 4 rings (SSSR count). The first-order chi connectivity index (χ1) is 12.4. The zero-order valence-corrected chi connectivity index (χ0v) is 15.8. The molecule has 2 bridgehead atoms. The summed E-state index contributed by atoms with van der Waals surface area (Å²) in [4.78, 5) is 15.0. The van der Waals surface area contributed by atoms with Crippen LogP contribution in [0.1, 0.15) is 43.0 Å². The standard InChI is InChI=1S/C19H19ClN2O3S/c1-12(21-26(24,25)14-8-6-13(20)7-9-14)19(23)22-17-10-11-18(22)16-5-3-2-4-15(16)17/h2-9,12,17-18,21H,10-11H2,1H3/t12-,17?,18?/m0/s1. The Morgan fingerprint density at radius 3 is 2.15 bits per heavy atom. The molecule has 0 aliphatic carbocycles. The molecule has 3 atom stereocenters. The quantitative estimate of drug-likeness (QED) is 0.869. The van der Waals surface area contributed by atoms with Gasteiger partial charge in [-0.25, -0.2) is 8.42 Å². The van der Waals surface area contributed by atoms with E-state index in [1.165, 1.54) is 35.4 Å². The minimum atomic E-state index is -3.79. The Bertz CT molecular complexity index is 928. The van der Waals surface area contributed by atoms with Crippen LogP contribution in [-0.4, -0.2) is 25.3 Å². The molecule has 0 saturated carbocycles. The van der Waals surface area contributed by atoms with Crippen LogP contribution >= 0.6 is 11.6 Å². The van der Waals surface area contributed by atoms with E-state index >= 15 is 0 Å². The zero-order valence-electron chi connectivity index (χ0n) is 14.2. The fourth-order valence-electron chi connectivity index (χ4n) is 4.04. The van der Waals surface area contributed by atoms with Gasteiger partial charge < -0.3 is 4.90 Å². The van der Waals surface area contributed by atoms with Crippen LogP contribution in [0.4, 0.5) is 0 Å². The van der Waals surface area contributed by atoms with Crippen molar-refractivity contribution in [2.24, 2.45) is 0 Å². The lowest BCUT2D eigenvalue weighted by atomic mass is 9.92. The van der Waals surface area contributed by atoms with Gasteiger partial charge in [-0.15, -0.1) is 0 Å². The highest BCUT2D eigenvalue weighted by atomic mass is 35.5. The molecule has 2 heterocycles. The lowest BCUT2D eigenvalue weighted by Gasteiger charge is -2.26. The number of halogens is 1. The second-order valence-electron chi connectivity index (χ2n) is 6.78. The Hall–Kier alpha value is -1.89. The summed E-state index contributed by atoms with van der Waals surface area (Å²) < 4.78 is 27.6. The summed E-state index contributed by atoms with van der Waals surface area (Å²) in [5.74, 6) is -0.189. The van der Waals surface area contributed by atoms with Crippen molar-refractivity contribution in [1.29, 1.82) is 0 Å². The third-order valence-electron chi connectivity index (χ3n) is 5.18. The number of hydrogen-bond acceptors (Lipinski definition) is 3. The summed E-state index contributed by atoms with van der Waals surface area (Å²) in [6.07, 6.45) is 1.84. The molecule has 5 nitrogen and oxygen atoms in total. The topological polar surface area (TPSA) is 66.5 Å². The van der Waals surface area contributed by atoms with E-state index in [4.69, 9.17) is 11.6 Å². The summed E-state index contributed by atoms with van der Waals surface area (Å²) in [6.45, 7) is 1.60. The SMILES string of the molecule is C[C@H](NS(=O)(=O)c1ccc(Cl)cc1)C(=O)N1C2CCC1c1ccccc12. The average molecular weight is 391 g/mol. The zero-order chi connectivity index (χ0) is 18.5. The number of amides is 1. The fraction of sp³-hybridized carbons (Fsp3) is 0.316. The molecule has 26 heavy (non-hydrogen) atoms. The van der Waals surface area contributed by atoms with Crippen LogP contribution in [0.3, 0.4) is 0 Å². The van der Waals surface area contributed by atoms with Gasteiger partial charge in [0.1, 0.15) is 0 Å². The van der Waals surface area contributed by atoms with Crippen molar-refractivity contribution in [1.82, 2.24) is 9.62 Å². The van der Waals surface area contributed by atoms with E-state index in [1.54, 1.807) is 6.92 Å². The van der Waals surface area contributed by atoms with Gasteiger partial charge in [0.05, 0.1) is 23.0 Å². The first-order valence-electron chi connectivity index (χ1n) is 8.57. The highest BCUT2D eigenvalue weighted by molar-refractivity contribution is 7.89. The molecule has 2 aromatic rings. The first-order valence-corrected chi connectivity index (χ1v) is 10.4. The van der Waals surface area contributed by atoms with Crippen LogP contribution in [0.2, 0.25) is 5.02 Å². The maximum atomic E-state index is 13.0. The Kier molecular flexibility index (Phi) is 4.29. The molecular weight excluding hydrogens is 372 g/mol. The van der Waals surface area contributed by atoms with Gasteiger partial charge in [0.25, 0.3) is 0 Å². The number of nitrogens with zero attached hydrogens (tertiary/aromatic N) is 1. The summed E-state index contributed by atoms with van der Waals surface area (Å²) >= 11 is 5.81. The Balaban J connectivity index is 1.54. The van der Waals surface area contributed by atoms with Crippen molar-refractivity contribution in [2.45, 2.75) is 42.8 Å². The van der Waals surface area contributed by atoms with Crippen molar-refractivity contribution in [3.8, 4) is 0 Å². The molecule has 2 aliphatic heterocycles. The number of rotatable bonds is 4. The lowest BCUT2D eigenvalue weighted by Crippen LogP contribution is -2.45. The van der Waals surface area contributed by atoms with Crippen LogP contribution in [-0.2, 0) is 14.8 Å². The van der Waals surface area contributed by atoms with Gasteiger partial charge in [-0.05, 0) is 55.2 Å². The van der Waals surface area contributed by atoms with Gasteiger partial charge in [0.2, 0.25) is 15.9 Å². The normalized spacial score (nSPS) is 22.3. The van der Waals surface area contributed by atoms with E-state index in [9.17, 15) is 13.2 Å². The number of carbonyl (C=O) groups excluding carboxylic acids is 1. The highest BCUT2D eigenvalue weighted by Gasteiger charge is 2.47. The van der Waals surface area contributed by atoms with Gasteiger partial charge in [-0.3, -0.25) is 4.79 Å². The van der Waals surface area contributed by atoms with Crippen LogP contribution in [0.5, 0.6) is 0 Å². The number of hydrogen-bond donors (Lipinski definition) is 1. The Morgan fingerprint density at radius 1 is 1.08 bits per heavy atom. The maximum absolute atomic E-state index is 13.0. The van der Waals surface area contributed by atoms with Crippen LogP contribution < -0.4 is 4.72 Å². The molecule has 2 aliphatic rings. The summed E-state index contributed by atoms with van der Waals surface area (Å²) in [5.41, 5.74) is 2.37. The van der Waals surface area contributed by atoms with Gasteiger partial charge in [-0.2, -0.15) is 4.72 Å². The molecule has 7 heteroatoms. The highest BCUT2D eigenvalue weighted by Crippen LogP contribution is 2.53. The van der Waals surface area contributed by atoms with E-state index in [0.29, 0.717) is 5.02 Å². The summed E-state index contributed by atoms with van der Waals surface area (Å²) in [6, 6.07) is 13.2.